The molecule has 4 aromatic rings. The summed E-state index contributed by atoms with van der Waals surface area (Å²) in [7, 11) is 7.06. The number of amides is 3. The molecule has 1 atom stereocenters. The highest BCUT2D eigenvalue weighted by molar-refractivity contribution is 6.34. The van der Waals surface area contributed by atoms with E-state index in [1.807, 2.05) is 25.9 Å². The van der Waals surface area contributed by atoms with Gasteiger partial charge in [0.25, 0.3) is 11.8 Å². The summed E-state index contributed by atoms with van der Waals surface area (Å²) in [6.45, 7) is 4.39. The Bertz CT molecular complexity index is 1880. The summed E-state index contributed by atoms with van der Waals surface area (Å²) in [5.74, 6) is -0.969. The van der Waals surface area contributed by atoms with Gasteiger partial charge in [0.05, 0.1) is 39.9 Å². The number of pyridine rings is 1. The van der Waals surface area contributed by atoms with E-state index in [0.717, 1.165) is 30.3 Å². The molecule has 0 spiro atoms. The van der Waals surface area contributed by atoms with E-state index < -0.39 is 17.8 Å². The Labute approximate surface area is 298 Å². The Kier molecular flexibility index (Phi) is 11.3. The van der Waals surface area contributed by atoms with Gasteiger partial charge in [0.1, 0.15) is 0 Å². The maximum absolute atomic E-state index is 14.1. The van der Waals surface area contributed by atoms with Crippen LogP contribution in [0.25, 0.3) is 17.1 Å². The molecule has 17 heteroatoms. The lowest BCUT2D eigenvalue weighted by molar-refractivity contribution is -0.141. The van der Waals surface area contributed by atoms with E-state index in [-0.39, 0.29) is 56.9 Å². The summed E-state index contributed by atoms with van der Waals surface area (Å²) in [5, 5.41) is 9.39. The standard InChI is InChI=1S/C34H40ClF3N10O3/c1-6-21(11-12-44(3)4)32(50)46-13-15-47(16-14-46)33(51)24-9-7-22(17-26(24)35)42-31(49)30-41-19-27(45(30)5)25-20-48(43-29(25)34(36,37)38)28-10-8-23(39-2)18-40-28/h7-10,17-21,39H,6,11-16H2,1-5H3,(H,42,49). The minimum absolute atomic E-state index is 0.00474. The third-order valence-corrected chi connectivity index (χ3v) is 9.14. The van der Waals surface area contributed by atoms with E-state index in [1.165, 1.54) is 48.3 Å². The first-order valence-corrected chi connectivity index (χ1v) is 16.8. The summed E-state index contributed by atoms with van der Waals surface area (Å²) in [6.07, 6.45) is 0.537. The number of imidazole rings is 1. The van der Waals surface area contributed by atoms with Crippen molar-refractivity contribution < 1.29 is 27.6 Å². The average Bonchev–Trinajstić information content (AvgIpc) is 3.72. The monoisotopic (exact) mass is 728 g/mol. The lowest BCUT2D eigenvalue weighted by Gasteiger charge is -2.36. The Balaban J connectivity index is 1.26. The highest BCUT2D eigenvalue weighted by Crippen LogP contribution is 2.37. The van der Waals surface area contributed by atoms with Crippen molar-refractivity contribution >= 4 is 40.7 Å². The number of nitrogens with one attached hydrogen (secondary N) is 2. The van der Waals surface area contributed by atoms with Crippen LogP contribution in [0.5, 0.6) is 0 Å². The first-order valence-electron chi connectivity index (χ1n) is 16.4. The van der Waals surface area contributed by atoms with Crippen molar-refractivity contribution in [2.75, 3.05) is 64.5 Å². The molecule has 51 heavy (non-hydrogen) atoms. The summed E-state index contributed by atoms with van der Waals surface area (Å²) in [6, 6.07) is 7.60. The van der Waals surface area contributed by atoms with Gasteiger partial charge in [-0.2, -0.15) is 18.3 Å². The van der Waals surface area contributed by atoms with Crippen molar-refractivity contribution in [1.29, 1.82) is 0 Å². The van der Waals surface area contributed by atoms with Crippen molar-refractivity contribution in [2.45, 2.75) is 25.9 Å². The zero-order valence-electron chi connectivity index (χ0n) is 29.0. The first-order chi connectivity index (χ1) is 24.2. The highest BCUT2D eigenvalue weighted by atomic mass is 35.5. The number of benzene rings is 1. The van der Waals surface area contributed by atoms with Gasteiger partial charge in [-0.15, -0.1) is 0 Å². The molecule has 0 aliphatic carbocycles. The molecule has 13 nitrogen and oxygen atoms in total. The van der Waals surface area contributed by atoms with Crippen molar-refractivity contribution in [2.24, 2.45) is 13.0 Å². The Morgan fingerprint density at radius 3 is 2.27 bits per heavy atom. The highest BCUT2D eigenvalue weighted by Gasteiger charge is 2.39. The fourth-order valence-corrected chi connectivity index (χ4v) is 6.12. The molecule has 1 aliphatic heterocycles. The molecule has 3 amide bonds. The lowest BCUT2D eigenvalue weighted by atomic mass is 10.00. The number of alkyl halides is 3. The average molecular weight is 729 g/mol. The predicted octanol–water partition coefficient (Wildman–Crippen LogP) is 4.90. The van der Waals surface area contributed by atoms with Crippen LogP contribution in [0.4, 0.5) is 24.5 Å². The maximum Gasteiger partial charge on any atom is 0.435 e. The summed E-state index contributed by atoms with van der Waals surface area (Å²) >= 11 is 6.51. The van der Waals surface area contributed by atoms with Crippen LogP contribution in [-0.4, -0.2) is 111 Å². The Morgan fingerprint density at radius 1 is 1.00 bits per heavy atom. The van der Waals surface area contributed by atoms with Crippen LogP contribution < -0.4 is 10.6 Å². The third-order valence-electron chi connectivity index (χ3n) is 8.82. The van der Waals surface area contributed by atoms with Gasteiger partial charge in [-0.1, -0.05) is 18.5 Å². The number of nitrogens with zero attached hydrogens (tertiary/aromatic N) is 8. The Hall–Kier alpha value is -4.96. The minimum atomic E-state index is -4.80. The fourth-order valence-electron chi connectivity index (χ4n) is 5.86. The van der Waals surface area contributed by atoms with E-state index in [4.69, 9.17) is 11.6 Å². The van der Waals surface area contributed by atoms with Crippen LogP contribution in [-0.2, 0) is 18.0 Å². The molecule has 1 unspecified atom stereocenters. The van der Waals surface area contributed by atoms with Crippen molar-refractivity contribution in [3.8, 4) is 17.1 Å². The number of carbonyl (C=O) groups excluding carboxylic acids is 3. The number of hydrogen-bond donors (Lipinski definition) is 2. The number of anilines is 2. The molecule has 272 valence electrons. The molecule has 1 aliphatic rings. The molecule has 1 fully saturated rings. The van der Waals surface area contributed by atoms with Crippen molar-refractivity contribution in [1.82, 2.24) is 39.0 Å². The van der Waals surface area contributed by atoms with E-state index in [2.05, 4.69) is 30.6 Å². The fraction of sp³-hybridized carbons (Fsp3) is 0.412. The summed E-state index contributed by atoms with van der Waals surface area (Å²) in [5.41, 5.74) is -0.289. The second kappa shape index (κ2) is 15.5. The van der Waals surface area contributed by atoms with Crippen LogP contribution in [0.3, 0.4) is 0 Å². The molecule has 0 saturated carbocycles. The van der Waals surface area contributed by atoms with Gasteiger partial charge in [0.15, 0.2) is 17.3 Å². The third kappa shape index (κ3) is 8.34. The molecule has 3 aromatic heterocycles. The van der Waals surface area contributed by atoms with E-state index in [0.29, 0.717) is 31.9 Å². The van der Waals surface area contributed by atoms with Crippen LogP contribution >= 0.6 is 11.6 Å². The van der Waals surface area contributed by atoms with E-state index >= 15 is 0 Å². The number of piperazine rings is 1. The number of rotatable bonds is 11. The van der Waals surface area contributed by atoms with Crippen LogP contribution in [0.1, 0.15) is 46.4 Å². The van der Waals surface area contributed by atoms with Crippen molar-refractivity contribution in [3.05, 3.63) is 71.0 Å². The lowest BCUT2D eigenvalue weighted by Crippen LogP contribution is -2.52. The van der Waals surface area contributed by atoms with Gasteiger partial charge >= 0.3 is 6.18 Å². The molecule has 1 aromatic carbocycles. The predicted molar refractivity (Wildman–Crippen MR) is 187 cm³/mol. The molecule has 0 radical (unpaired) electrons. The number of aromatic nitrogens is 5. The van der Waals surface area contributed by atoms with Gasteiger partial charge in [-0.25, -0.2) is 14.6 Å². The quantitative estimate of drug-likeness (QED) is 0.223. The maximum atomic E-state index is 14.1. The largest absolute Gasteiger partial charge is 0.435 e. The molecular weight excluding hydrogens is 689 g/mol. The van der Waals surface area contributed by atoms with Crippen LogP contribution in [0.2, 0.25) is 5.02 Å². The second-order valence-electron chi connectivity index (χ2n) is 12.5. The van der Waals surface area contributed by atoms with Gasteiger partial charge in [-0.05, 0) is 63.8 Å². The molecule has 4 heterocycles. The topological polar surface area (TPSA) is 134 Å². The summed E-state index contributed by atoms with van der Waals surface area (Å²) in [4.78, 5) is 53.5. The van der Waals surface area contributed by atoms with Gasteiger partial charge in [-0.3, -0.25) is 14.4 Å². The Morgan fingerprint density at radius 2 is 1.69 bits per heavy atom. The molecule has 5 rings (SSSR count). The number of hydrogen-bond acceptors (Lipinski definition) is 8. The normalized spacial score (nSPS) is 14.2. The molecular formula is C34H40ClF3N10O3. The van der Waals surface area contributed by atoms with Crippen molar-refractivity contribution in [3.63, 3.8) is 0 Å². The number of carbonyl (C=O) groups is 3. The van der Waals surface area contributed by atoms with Crippen LogP contribution in [0.15, 0.2) is 48.9 Å². The molecule has 0 bridgehead atoms. The van der Waals surface area contributed by atoms with E-state index in [9.17, 15) is 27.6 Å². The van der Waals surface area contributed by atoms with Gasteiger partial charge < -0.3 is 29.9 Å². The van der Waals surface area contributed by atoms with Gasteiger partial charge in [0, 0.05) is 58.1 Å². The van der Waals surface area contributed by atoms with E-state index in [1.54, 1.807) is 18.0 Å². The first kappa shape index (κ1) is 37.3. The zero-order chi connectivity index (χ0) is 37.0. The zero-order valence-corrected chi connectivity index (χ0v) is 29.7. The summed E-state index contributed by atoms with van der Waals surface area (Å²) < 4.78 is 44.5. The molecule has 1 saturated heterocycles. The minimum Gasteiger partial charge on any atom is -0.387 e. The number of halogens is 4. The second-order valence-corrected chi connectivity index (χ2v) is 12.9. The van der Waals surface area contributed by atoms with Gasteiger partial charge in [0.2, 0.25) is 5.91 Å². The van der Waals surface area contributed by atoms with Crippen LogP contribution in [0, 0.1) is 5.92 Å². The molecule has 2 N–H and O–H groups in total. The smallest absolute Gasteiger partial charge is 0.387 e. The SMILES string of the molecule is CCC(CCN(C)C)C(=O)N1CCN(C(=O)c2ccc(NC(=O)c3ncc(-c4cn(-c5ccc(NC)cn5)nc4C(F)(F)F)n3C)cc2Cl)CC1.